The van der Waals surface area contributed by atoms with Crippen LogP contribution in [0.1, 0.15) is 33.1 Å². The zero-order valence-electron chi connectivity index (χ0n) is 11.9. The van der Waals surface area contributed by atoms with Crippen LogP contribution in [-0.4, -0.2) is 54.4 Å². The van der Waals surface area contributed by atoms with Gasteiger partial charge in [-0.05, 0) is 26.2 Å². The SMILES string of the molecule is CC(CCCNC(=O)N(C)C1CCOC1C)C(=O)O. The highest BCUT2D eigenvalue weighted by Crippen LogP contribution is 2.18. The molecule has 1 saturated heterocycles. The van der Waals surface area contributed by atoms with Gasteiger partial charge in [0.15, 0.2) is 0 Å². The summed E-state index contributed by atoms with van der Waals surface area (Å²) in [7, 11) is 1.77. The van der Waals surface area contributed by atoms with Crippen LogP contribution in [0.2, 0.25) is 0 Å². The van der Waals surface area contributed by atoms with Crippen LogP contribution in [0.25, 0.3) is 0 Å². The normalized spacial score (nSPS) is 23.9. The molecule has 1 aliphatic heterocycles. The number of carboxylic acid groups (broad SMARTS) is 1. The molecule has 0 aliphatic carbocycles. The van der Waals surface area contributed by atoms with Gasteiger partial charge in [-0.3, -0.25) is 4.79 Å². The van der Waals surface area contributed by atoms with Crippen LogP contribution < -0.4 is 5.32 Å². The Morgan fingerprint density at radius 3 is 2.74 bits per heavy atom. The van der Waals surface area contributed by atoms with E-state index in [9.17, 15) is 9.59 Å². The molecule has 0 aromatic rings. The van der Waals surface area contributed by atoms with Crippen molar-refractivity contribution in [3.05, 3.63) is 0 Å². The van der Waals surface area contributed by atoms with Gasteiger partial charge in [-0.1, -0.05) is 6.92 Å². The van der Waals surface area contributed by atoms with Crippen molar-refractivity contribution in [1.82, 2.24) is 10.2 Å². The molecule has 2 N–H and O–H groups in total. The number of amides is 2. The highest BCUT2D eigenvalue weighted by atomic mass is 16.5. The molecule has 19 heavy (non-hydrogen) atoms. The zero-order valence-corrected chi connectivity index (χ0v) is 11.9. The van der Waals surface area contributed by atoms with Crippen molar-refractivity contribution in [2.75, 3.05) is 20.2 Å². The summed E-state index contributed by atoms with van der Waals surface area (Å²) < 4.78 is 5.43. The minimum absolute atomic E-state index is 0.0720. The number of nitrogens with zero attached hydrogens (tertiary/aromatic N) is 1. The largest absolute Gasteiger partial charge is 0.481 e. The zero-order chi connectivity index (χ0) is 14.4. The number of likely N-dealkylation sites (N-methyl/N-ethyl adjacent to an activating group) is 1. The predicted octanol–water partition coefficient (Wildman–Crippen LogP) is 1.31. The number of ether oxygens (including phenoxy) is 1. The van der Waals surface area contributed by atoms with Gasteiger partial charge in [-0.2, -0.15) is 0 Å². The van der Waals surface area contributed by atoms with E-state index in [4.69, 9.17) is 9.84 Å². The molecule has 3 atom stereocenters. The fraction of sp³-hybridized carbons (Fsp3) is 0.846. The van der Waals surface area contributed by atoms with Gasteiger partial charge >= 0.3 is 12.0 Å². The molecule has 2 amide bonds. The van der Waals surface area contributed by atoms with Gasteiger partial charge in [0, 0.05) is 20.2 Å². The molecule has 6 nitrogen and oxygen atoms in total. The number of nitrogens with one attached hydrogen (secondary N) is 1. The van der Waals surface area contributed by atoms with E-state index in [0.717, 1.165) is 6.42 Å². The number of hydrogen-bond donors (Lipinski definition) is 2. The molecular weight excluding hydrogens is 248 g/mol. The van der Waals surface area contributed by atoms with Crippen molar-refractivity contribution in [3.63, 3.8) is 0 Å². The van der Waals surface area contributed by atoms with E-state index in [1.165, 1.54) is 0 Å². The standard InChI is InChI=1S/C13H24N2O4/c1-9(12(16)17)5-4-7-14-13(18)15(3)11-6-8-19-10(11)2/h9-11H,4-8H2,1-3H3,(H,14,18)(H,16,17). The van der Waals surface area contributed by atoms with Crippen molar-refractivity contribution in [2.24, 2.45) is 5.92 Å². The quantitative estimate of drug-likeness (QED) is 0.714. The molecule has 1 fully saturated rings. The van der Waals surface area contributed by atoms with Crippen molar-refractivity contribution >= 4 is 12.0 Å². The topological polar surface area (TPSA) is 78.9 Å². The number of hydrogen-bond acceptors (Lipinski definition) is 3. The maximum absolute atomic E-state index is 11.9. The lowest BCUT2D eigenvalue weighted by molar-refractivity contribution is -0.141. The lowest BCUT2D eigenvalue weighted by Gasteiger charge is -2.26. The molecule has 0 bridgehead atoms. The molecule has 110 valence electrons. The van der Waals surface area contributed by atoms with Gasteiger partial charge in [0.1, 0.15) is 0 Å². The Balaban J connectivity index is 2.22. The molecule has 1 heterocycles. The molecule has 1 rings (SSSR count). The van der Waals surface area contributed by atoms with Crippen LogP contribution in [0.15, 0.2) is 0 Å². The fourth-order valence-electron chi connectivity index (χ4n) is 2.23. The minimum atomic E-state index is -0.791. The molecule has 0 aromatic heterocycles. The summed E-state index contributed by atoms with van der Waals surface area (Å²) in [6.07, 6.45) is 2.18. The van der Waals surface area contributed by atoms with Gasteiger partial charge in [0.2, 0.25) is 0 Å². The molecular formula is C13H24N2O4. The molecule has 0 saturated carbocycles. The number of carbonyl (C=O) groups excluding carboxylic acids is 1. The molecule has 1 aliphatic rings. The lowest BCUT2D eigenvalue weighted by atomic mass is 10.1. The summed E-state index contributed by atoms with van der Waals surface area (Å²) in [6.45, 7) is 4.84. The summed E-state index contributed by atoms with van der Waals surface area (Å²) in [5, 5.41) is 11.6. The Labute approximate surface area is 114 Å². The van der Waals surface area contributed by atoms with E-state index in [1.54, 1.807) is 18.9 Å². The number of aliphatic carboxylic acids is 1. The van der Waals surface area contributed by atoms with Crippen LogP contribution in [0.4, 0.5) is 4.79 Å². The highest BCUT2D eigenvalue weighted by molar-refractivity contribution is 5.74. The average molecular weight is 272 g/mol. The van der Waals surface area contributed by atoms with Crippen LogP contribution in [0.5, 0.6) is 0 Å². The Morgan fingerprint density at radius 2 is 2.21 bits per heavy atom. The second-order valence-electron chi connectivity index (χ2n) is 5.16. The third kappa shape index (κ3) is 4.70. The van der Waals surface area contributed by atoms with Gasteiger partial charge in [0.05, 0.1) is 18.1 Å². The Bertz CT molecular complexity index is 322. The maximum atomic E-state index is 11.9. The van der Waals surface area contributed by atoms with Crippen LogP contribution >= 0.6 is 0 Å². The number of urea groups is 1. The summed E-state index contributed by atoms with van der Waals surface area (Å²) in [4.78, 5) is 24.2. The molecule has 6 heteroatoms. The third-order valence-electron chi connectivity index (χ3n) is 3.67. The Hall–Kier alpha value is -1.30. The molecule has 0 aromatic carbocycles. The van der Waals surface area contributed by atoms with Crippen molar-refractivity contribution < 1.29 is 19.4 Å². The van der Waals surface area contributed by atoms with Crippen LogP contribution in [-0.2, 0) is 9.53 Å². The number of carbonyl (C=O) groups is 2. The van der Waals surface area contributed by atoms with E-state index < -0.39 is 5.97 Å². The van der Waals surface area contributed by atoms with Gasteiger partial charge in [-0.25, -0.2) is 4.79 Å². The van der Waals surface area contributed by atoms with E-state index >= 15 is 0 Å². The van der Waals surface area contributed by atoms with Gasteiger partial charge < -0.3 is 20.1 Å². The average Bonchev–Trinajstić information content (AvgIpc) is 2.79. The van der Waals surface area contributed by atoms with Crippen molar-refractivity contribution in [3.8, 4) is 0 Å². The lowest BCUT2D eigenvalue weighted by Crippen LogP contribution is -2.46. The first-order chi connectivity index (χ1) is 8.93. The van der Waals surface area contributed by atoms with Gasteiger partial charge in [0.25, 0.3) is 0 Å². The smallest absolute Gasteiger partial charge is 0.317 e. The second-order valence-corrected chi connectivity index (χ2v) is 5.16. The monoisotopic (exact) mass is 272 g/mol. The van der Waals surface area contributed by atoms with E-state index in [1.807, 2.05) is 6.92 Å². The highest BCUT2D eigenvalue weighted by Gasteiger charge is 2.30. The third-order valence-corrected chi connectivity index (χ3v) is 3.67. The predicted molar refractivity (Wildman–Crippen MR) is 71.0 cm³/mol. The summed E-state index contributed by atoms with van der Waals surface area (Å²) >= 11 is 0. The fourth-order valence-corrected chi connectivity index (χ4v) is 2.23. The summed E-state index contributed by atoms with van der Waals surface area (Å²) in [5.74, 6) is -1.15. The molecule has 3 unspecified atom stereocenters. The Kier molecular flexibility index (Phi) is 6.08. The van der Waals surface area contributed by atoms with Gasteiger partial charge in [-0.15, -0.1) is 0 Å². The summed E-state index contributed by atoms with van der Waals surface area (Å²) in [5.41, 5.74) is 0. The molecule has 0 radical (unpaired) electrons. The number of carboxylic acids is 1. The van der Waals surface area contributed by atoms with E-state index in [-0.39, 0.29) is 24.1 Å². The Morgan fingerprint density at radius 1 is 1.53 bits per heavy atom. The number of rotatable bonds is 6. The van der Waals surface area contributed by atoms with E-state index in [2.05, 4.69) is 5.32 Å². The maximum Gasteiger partial charge on any atom is 0.317 e. The molecule has 0 spiro atoms. The van der Waals surface area contributed by atoms with Crippen LogP contribution in [0.3, 0.4) is 0 Å². The van der Waals surface area contributed by atoms with Crippen molar-refractivity contribution in [2.45, 2.75) is 45.3 Å². The summed E-state index contributed by atoms with van der Waals surface area (Å²) in [6, 6.07) is 0.00303. The minimum Gasteiger partial charge on any atom is -0.481 e. The first-order valence-electron chi connectivity index (χ1n) is 6.78. The van der Waals surface area contributed by atoms with Crippen LogP contribution in [0, 0.1) is 5.92 Å². The van der Waals surface area contributed by atoms with Crippen molar-refractivity contribution in [1.29, 1.82) is 0 Å². The van der Waals surface area contributed by atoms with E-state index in [0.29, 0.717) is 26.0 Å². The second kappa shape index (κ2) is 7.33. The first kappa shape index (κ1) is 15.8. The first-order valence-corrected chi connectivity index (χ1v) is 6.78.